The maximum atomic E-state index is 10.4. The molecule has 0 aliphatic rings. The number of rotatable bonds is 4. The standard InChI is InChI=1S/C11H10O3S/c12-11(13)4-2-9-1-3-10(15-9)8-5-6-14-7-8/h1,3,5-7H,2,4H2,(H,12,13). The minimum Gasteiger partial charge on any atom is -0.481 e. The summed E-state index contributed by atoms with van der Waals surface area (Å²) < 4.78 is 4.99. The fraction of sp³-hybridized carbons (Fsp3) is 0.182. The van der Waals surface area contributed by atoms with E-state index in [4.69, 9.17) is 9.52 Å². The van der Waals surface area contributed by atoms with Crippen LogP contribution in [0.5, 0.6) is 0 Å². The summed E-state index contributed by atoms with van der Waals surface area (Å²) in [5, 5.41) is 8.56. The molecule has 0 amide bonds. The first-order valence-electron chi connectivity index (χ1n) is 4.59. The molecule has 0 aliphatic carbocycles. The monoisotopic (exact) mass is 222 g/mol. The largest absolute Gasteiger partial charge is 0.481 e. The second-order valence-electron chi connectivity index (χ2n) is 3.17. The summed E-state index contributed by atoms with van der Waals surface area (Å²) >= 11 is 1.61. The molecule has 0 fully saturated rings. The molecular weight excluding hydrogens is 212 g/mol. The van der Waals surface area contributed by atoms with Crippen LogP contribution in [0.3, 0.4) is 0 Å². The second-order valence-corrected chi connectivity index (χ2v) is 4.34. The van der Waals surface area contributed by atoms with Crippen LogP contribution >= 0.6 is 11.3 Å². The Bertz CT molecular complexity index is 442. The van der Waals surface area contributed by atoms with Gasteiger partial charge in [-0.15, -0.1) is 11.3 Å². The summed E-state index contributed by atoms with van der Waals surface area (Å²) in [6, 6.07) is 5.86. The molecule has 0 atom stereocenters. The first-order chi connectivity index (χ1) is 7.25. The van der Waals surface area contributed by atoms with Crippen molar-refractivity contribution in [2.75, 3.05) is 0 Å². The van der Waals surface area contributed by atoms with E-state index < -0.39 is 5.97 Å². The van der Waals surface area contributed by atoms with Gasteiger partial charge >= 0.3 is 5.97 Å². The van der Waals surface area contributed by atoms with E-state index in [1.54, 1.807) is 23.9 Å². The molecule has 0 aromatic carbocycles. The average molecular weight is 222 g/mol. The summed E-state index contributed by atoms with van der Waals surface area (Å²) in [5.41, 5.74) is 1.04. The Hall–Kier alpha value is -1.55. The van der Waals surface area contributed by atoms with E-state index in [0.717, 1.165) is 15.3 Å². The van der Waals surface area contributed by atoms with Crippen LogP contribution in [0.25, 0.3) is 10.4 Å². The van der Waals surface area contributed by atoms with E-state index in [2.05, 4.69) is 0 Å². The average Bonchev–Trinajstić information content (AvgIpc) is 2.85. The normalized spacial score (nSPS) is 10.4. The Morgan fingerprint density at radius 2 is 2.27 bits per heavy atom. The minimum absolute atomic E-state index is 0.186. The first-order valence-corrected chi connectivity index (χ1v) is 5.40. The number of hydrogen-bond acceptors (Lipinski definition) is 3. The molecule has 2 aromatic rings. The highest BCUT2D eigenvalue weighted by atomic mass is 32.1. The Morgan fingerprint density at radius 1 is 1.40 bits per heavy atom. The Balaban J connectivity index is 2.08. The highest BCUT2D eigenvalue weighted by Crippen LogP contribution is 2.28. The zero-order chi connectivity index (χ0) is 10.7. The lowest BCUT2D eigenvalue weighted by molar-refractivity contribution is -0.136. The van der Waals surface area contributed by atoms with Gasteiger partial charge in [0.05, 0.1) is 18.9 Å². The molecule has 2 heterocycles. The number of aryl methyl sites for hydroxylation is 1. The summed E-state index contributed by atoms with van der Waals surface area (Å²) in [4.78, 5) is 12.6. The van der Waals surface area contributed by atoms with Gasteiger partial charge in [0.25, 0.3) is 0 Å². The molecule has 0 saturated heterocycles. The molecule has 2 rings (SSSR count). The van der Waals surface area contributed by atoms with Crippen LogP contribution < -0.4 is 0 Å². The maximum Gasteiger partial charge on any atom is 0.303 e. The molecule has 0 unspecified atom stereocenters. The van der Waals surface area contributed by atoms with Gasteiger partial charge in [0.1, 0.15) is 0 Å². The fourth-order valence-corrected chi connectivity index (χ4v) is 2.29. The van der Waals surface area contributed by atoms with Crippen molar-refractivity contribution in [3.63, 3.8) is 0 Å². The van der Waals surface area contributed by atoms with Gasteiger partial charge in [-0.05, 0) is 24.6 Å². The van der Waals surface area contributed by atoms with Crippen LogP contribution in [-0.4, -0.2) is 11.1 Å². The van der Waals surface area contributed by atoms with Crippen molar-refractivity contribution in [2.45, 2.75) is 12.8 Å². The van der Waals surface area contributed by atoms with Crippen LogP contribution in [0.4, 0.5) is 0 Å². The number of carbonyl (C=O) groups is 1. The fourth-order valence-electron chi connectivity index (χ4n) is 1.30. The van der Waals surface area contributed by atoms with E-state index in [1.165, 1.54) is 0 Å². The number of thiophene rings is 1. The van der Waals surface area contributed by atoms with Crippen LogP contribution in [0.15, 0.2) is 35.1 Å². The van der Waals surface area contributed by atoms with E-state index in [0.29, 0.717) is 6.42 Å². The van der Waals surface area contributed by atoms with Crippen molar-refractivity contribution in [1.82, 2.24) is 0 Å². The number of aliphatic carboxylic acids is 1. The van der Waals surface area contributed by atoms with Gasteiger partial charge in [0, 0.05) is 15.3 Å². The molecule has 0 bridgehead atoms. The van der Waals surface area contributed by atoms with E-state index in [1.807, 2.05) is 18.2 Å². The molecule has 15 heavy (non-hydrogen) atoms. The van der Waals surface area contributed by atoms with Crippen LogP contribution in [-0.2, 0) is 11.2 Å². The zero-order valence-electron chi connectivity index (χ0n) is 7.97. The first kappa shape index (κ1) is 9.98. The Morgan fingerprint density at radius 3 is 2.93 bits per heavy atom. The van der Waals surface area contributed by atoms with Crippen molar-refractivity contribution in [3.05, 3.63) is 35.6 Å². The minimum atomic E-state index is -0.756. The Kier molecular flexibility index (Phi) is 2.87. The van der Waals surface area contributed by atoms with Gasteiger partial charge in [0.2, 0.25) is 0 Å². The van der Waals surface area contributed by atoms with E-state index in [9.17, 15) is 4.79 Å². The highest BCUT2D eigenvalue weighted by molar-refractivity contribution is 7.15. The lowest BCUT2D eigenvalue weighted by Crippen LogP contribution is -1.95. The van der Waals surface area contributed by atoms with Crippen LogP contribution in [0, 0.1) is 0 Å². The molecular formula is C11H10O3S. The lowest BCUT2D eigenvalue weighted by Gasteiger charge is -1.91. The third-order valence-corrected chi connectivity index (χ3v) is 3.25. The smallest absolute Gasteiger partial charge is 0.303 e. The predicted octanol–water partition coefficient (Wildman–Crippen LogP) is 3.03. The van der Waals surface area contributed by atoms with Gasteiger partial charge < -0.3 is 9.52 Å². The quantitative estimate of drug-likeness (QED) is 0.865. The summed E-state index contributed by atoms with van der Waals surface area (Å²) in [7, 11) is 0. The van der Waals surface area contributed by atoms with E-state index >= 15 is 0 Å². The van der Waals surface area contributed by atoms with Crippen molar-refractivity contribution in [3.8, 4) is 10.4 Å². The molecule has 0 radical (unpaired) electrons. The molecule has 1 N–H and O–H groups in total. The second kappa shape index (κ2) is 4.31. The van der Waals surface area contributed by atoms with Crippen molar-refractivity contribution >= 4 is 17.3 Å². The zero-order valence-corrected chi connectivity index (χ0v) is 8.79. The van der Waals surface area contributed by atoms with Crippen molar-refractivity contribution in [2.24, 2.45) is 0 Å². The molecule has 0 aliphatic heterocycles. The molecule has 4 heteroatoms. The topological polar surface area (TPSA) is 50.4 Å². The molecule has 3 nitrogen and oxygen atoms in total. The Labute approximate surface area is 91.0 Å². The maximum absolute atomic E-state index is 10.4. The molecule has 2 aromatic heterocycles. The molecule has 78 valence electrons. The lowest BCUT2D eigenvalue weighted by atomic mass is 10.2. The SMILES string of the molecule is O=C(O)CCc1ccc(-c2ccoc2)s1. The van der Waals surface area contributed by atoms with Crippen molar-refractivity contribution in [1.29, 1.82) is 0 Å². The van der Waals surface area contributed by atoms with Gasteiger partial charge in [0.15, 0.2) is 0 Å². The highest BCUT2D eigenvalue weighted by Gasteiger charge is 2.05. The van der Waals surface area contributed by atoms with Gasteiger partial charge in [-0.2, -0.15) is 0 Å². The summed E-state index contributed by atoms with van der Waals surface area (Å²) in [6.07, 6.45) is 4.10. The summed E-state index contributed by atoms with van der Waals surface area (Å²) in [5.74, 6) is -0.756. The van der Waals surface area contributed by atoms with Gasteiger partial charge in [-0.1, -0.05) is 0 Å². The molecule has 0 spiro atoms. The third-order valence-electron chi connectivity index (χ3n) is 2.05. The van der Waals surface area contributed by atoms with E-state index in [-0.39, 0.29) is 6.42 Å². The van der Waals surface area contributed by atoms with Crippen LogP contribution in [0.2, 0.25) is 0 Å². The third kappa shape index (κ3) is 2.47. The number of carboxylic acids is 1. The van der Waals surface area contributed by atoms with Gasteiger partial charge in [-0.3, -0.25) is 4.79 Å². The number of furan rings is 1. The number of hydrogen-bond donors (Lipinski definition) is 1. The summed E-state index contributed by atoms with van der Waals surface area (Å²) in [6.45, 7) is 0. The van der Waals surface area contributed by atoms with Crippen LogP contribution in [0.1, 0.15) is 11.3 Å². The predicted molar refractivity (Wildman–Crippen MR) is 58.0 cm³/mol. The van der Waals surface area contributed by atoms with Gasteiger partial charge in [-0.25, -0.2) is 0 Å². The number of carboxylic acid groups (broad SMARTS) is 1. The molecule has 0 saturated carbocycles. The van der Waals surface area contributed by atoms with Crippen molar-refractivity contribution < 1.29 is 14.3 Å².